The van der Waals surface area contributed by atoms with Gasteiger partial charge >= 0.3 is 132 Å². The summed E-state index contributed by atoms with van der Waals surface area (Å²) in [5, 5.41) is 0. The second-order valence-electron chi connectivity index (χ2n) is 3.70. The summed E-state index contributed by atoms with van der Waals surface area (Å²) in [4.78, 5) is 1.96. The van der Waals surface area contributed by atoms with Crippen LogP contribution in [0.25, 0.3) is 0 Å². The van der Waals surface area contributed by atoms with Crippen LogP contribution in [0.15, 0.2) is 30.3 Å². The van der Waals surface area contributed by atoms with Gasteiger partial charge in [0, 0.05) is 0 Å². The van der Waals surface area contributed by atoms with Crippen molar-refractivity contribution in [3.8, 4) is 0 Å². The van der Waals surface area contributed by atoms with E-state index in [1.165, 1.54) is 0 Å². The van der Waals surface area contributed by atoms with E-state index in [1.807, 2.05) is 42.2 Å². The topological polar surface area (TPSA) is 57.6 Å². The van der Waals surface area contributed by atoms with Crippen LogP contribution in [-0.4, -0.2) is 74.4 Å². The summed E-state index contributed by atoms with van der Waals surface area (Å²) in [5.41, 5.74) is 0.989. The number of rotatable bonds is 5. The summed E-state index contributed by atoms with van der Waals surface area (Å²) in [7, 11) is -3.87. The van der Waals surface area contributed by atoms with Crippen molar-refractivity contribution in [3.63, 3.8) is 0 Å². The van der Waals surface area contributed by atoms with E-state index in [9.17, 15) is 8.42 Å². The van der Waals surface area contributed by atoms with Crippen LogP contribution in [0.1, 0.15) is 6.92 Å². The zero-order valence-electron chi connectivity index (χ0n) is 9.50. The summed E-state index contributed by atoms with van der Waals surface area (Å²) >= 11 is 0.0444. The molecule has 0 aliphatic rings. The Hall–Kier alpha value is 0.566. The number of para-hydroxylation sites is 1. The Balaban J connectivity index is 2.78. The number of benzene rings is 1. The van der Waals surface area contributed by atoms with Crippen molar-refractivity contribution in [3.05, 3.63) is 30.3 Å². The van der Waals surface area contributed by atoms with Gasteiger partial charge in [-0.15, -0.1) is 0 Å². The molecule has 84 valence electrons. The molecule has 0 aliphatic heterocycles. The summed E-state index contributed by atoms with van der Waals surface area (Å²) in [5.74, 6) is 0. The summed E-state index contributed by atoms with van der Waals surface area (Å²) in [6.45, 7) is 3.07. The van der Waals surface area contributed by atoms with Crippen LogP contribution in [0, 0.1) is 0 Å². The van der Waals surface area contributed by atoms with Crippen LogP contribution in [0.3, 0.4) is 0 Å². The zero-order chi connectivity index (χ0) is 12.2. The average Bonchev–Trinajstić information content (AvgIpc) is 2.25. The predicted molar refractivity (Wildman–Crippen MR) is 65.4 cm³/mol. The van der Waals surface area contributed by atoms with E-state index in [2.05, 4.69) is 0 Å². The molecule has 0 radical (unpaired) electrons. The van der Waals surface area contributed by atoms with Gasteiger partial charge in [-0.2, -0.15) is 0 Å². The quantitative estimate of drug-likeness (QED) is 0.636. The van der Waals surface area contributed by atoms with Gasteiger partial charge in [0.1, 0.15) is 0 Å². The molecule has 0 heterocycles. The van der Waals surface area contributed by atoms with Crippen molar-refractivity contribution in [1.29, 1.82) is 0 Å². The molecule has 1 aromatic rings. The first kappa shape index (κ1) is 14.6. The molecular weight excluding hydrogens is 253 g/mol. The van der Waals surface area contributed by atoms with E-state index in [0.717, 1.165) is 12.2 Å². The van der Waals surface area contributed by atoms with Gasteiger partial charge in [-0.25, -0.2) is 0 Å². The van der Waals surface area contributed by atoms with E-state index < -0.39 is 9.46 Å². The fourth-order valence-corrected chi connectivity index (χ4v) is 2.52. The third kappa shape index (κ3) is 4.44. The molecule has 6 heteroatoms. The summed E-state index contributed by atoms with van der Waals surface area (Å²) < 4.78 is 30.4. The van der Waals surface area contributed by atoms with Crippen molar-refractivity contribution in [2.45, 2.75) is 6.27 Å². The van der Waals surface area contributed by atoms with Gasteiger partial charge in [-0.3, -0.25) is 0 Å². The SMILES string of the molecule is CCN(C[CH]([K])S(=O)(=O)O)c1ccccc1. The van der Waals surface area contributed by atoms with Crippen LogP contribution in [0.2, 0.25) is 0 Å². The van der Waals surface area contributed by atoms with Gasteiger partial charge in [-0.1, -0.05) is 0 Å². The molecule has 0 fully saturated rings. The summed E-state index contributed by atoms with van der Waals surface area (Å²) in [6, 6.07) is 9.62. The van der Waals surface area contributed by atoms with Gasteiger partial charge in [0.25, 0.3) is 0 Å². The molecule has 0 saturated carbocycles. The average molecular weight is 267 g/mol. The van der Waals surface area contributed by atoms with E-state index in [1.54, 1.807) is 0 Å². The van der Waals surface area contributed by atoms with E-state index in [0.29, 0.717) is 6.54 Å². The fourth-order valence-electron chi connectivity index (χ4n) is 1.46. The molecule has 0 amide bonds. The van der Waals surface area contributed by atoms with Crippen molar-refractivity contribution in [2.75, 3.05) is 18.0 Å². The maximum absolute atomic E-state index is 11.0. The predicted octanol–water partition coefficient (Wildman–Crippen LogP) is 0.895. The zero-order valence-corrected chi connectivity index (χ0v) is 13.4. The number of nitrogens with zero attached hydrogens (tertiary/aromatic N) is 1. The van der Waals surface area contributed by atoms with Gasteiger partial charge in [0.2, 0.25) is 0 Å². The van der Waals surface area contributed by atoms with Crippen molar-refractivity contribution >= 4 is 64.8 Å². The first-order valence-electron chi connectivity index (χ1n) is 5.21. The van der Waals surface area contributed by atoms with Crippen LogP contribution in [0.5, 0.6) is 0 Å². The molecule has 0 saturated heterocycles. The Kier molecular flexibility index (Phi) is 5.93. The molecule has 1 atom stereocenters. The number of anilines is 1. The third-order valence-corrected chi connectivity index (χ3v) is 7.02. The molecule has 0 spiro atoms. The Morgan fingerprint density at radius 3 is 2.38 bits per heavy atom. The van der Waals surface area contributed by atoms with Crippen LogP contribution < -0.4 is 4.90 Å². The molecule has 0 bridgehead atoms. The fraction of sp³-hybridized carbons (Fsp3) is 0.400. The van der Waals surface area contributed by atoms with Crippen molar-refractivity contribution in [2.24, 2.45) is 0 Å². The van der Waals surface area contributed by atoms with Crippen LogP contribution in [0.4, 0.5) is 5.69 Å². The molecule has 1 unspecified atom stereocenters. The molecule has 0 aromatic heterocycles. The molecule has 16 heavy (non-hydrogen) atoms. The molecular formula is C10H14KNO3S. The van der Waals surface area contributed by atoms with Gasteiger partial charge in [0.05, 0.1) is 0 Å². The molecule has 1 aromatic carbocycles. The second kappa shape index (κ2) is 6.49. The van der Waals surface area contributed by atoms with E-state index >= 15 is 0 Å². The molecule has 1 rings (SSSR count). The van der Waals surface area contributed by atoms with Crippen LogP contribution >= 0.6 is 0 Å². The molecule has 0 aliphatic carbocycles. The Bertz CT molecular complexity index is 421. The van der Waals surface area contributed by atoms with E-state index in [-0.39, 0.29) is 49.0 Å². The van der Waals surface area contributed by atoms with E-state index in [4.69, 9.17) is 4.55 Å². The number of hydrogen-bond acceptors (Lipinski definition) is 3. The minimum atomic E-state index is -3.87. The van der Waals surface area contributed by atoms with Crippen molar-refractivity contribution in [1.82, 2.24) is 0 Å². The first-order chi connectivity index (χ1) is 7.45. The second-order valence-corrected chi connectivity index (χ2v) is 9.02. The minimum absolute atomic E-state index is 0.0444. The Morgan fingerprint density at radius 2 is 1.94 bits per heavy atom. The third-order valence-electron chi connectivity index (χ3n) is 2.49. The monoisotopic (exact) mass is 267 g/mol. The normalized spacial score (nSPS) is 13.5. The Morgan fingerprint density at radius 1 is 1.38 bits per heavy atom. The maximum atomic E-state index is 11.0. The van der Waals surface area contributed by atoms with Crippen molar-refractivity contribution < 1.29 is 13.0 Å². The standard InChI is InChI=1S/C10H14NO3S.K/c1-2-11(8-9-15(12,13)14)10-6-4-3-5-7-10;/h3-7,9H,2,8H2,1H3,(H,12,13,14);. The number of hydrogen-bond donors (Lipinski definition) is 1. The first-order valence-corrected chi connectivity index (χ1v) is 8.52. The molecule has 4 nitrogen and oxygen atoms in total. The molecule has 1 N–H and O–H groups in total. The Labute approximate surface area is 130 Å². The van der Waals surface area contributed by atoms with Gasteiger partial charge < -0.3 is 0 Å². The van der Waals surface area contributed by atoms with Crippen LogP contribution in [-0.2, 0) is 10.1 Å². The van der Waals surface area contributed by atoms with Gasteiger partial charge in [-0.05, 0) is 0 Å². The summed E-state index contributed by atoms with van der Waals surface area (Å²) in [6.07, 6.45) is 0. The van der Waals surface area contributed by atoms with Gasteiger partial charge in [0.15, 0.2) is 0 Å².